The standard InChI is InChI=1S/C28H33ClN4O4/c1-33(2)26(34)19-11-13-21(14-12-19)37-28-30-23-15-22(29)24(31-25(23)32-28)18-7-3-16(4-8-18)17-5-9-20(10-6-17)27(35)36/h3-4,7-8,15,17,19-21H,5-6,9-14H2,1-2H3,(H,35,36)(H,30,31,32). The molecule has 2 fully saturated rings. The molecule has 0 aliphatic heterocycles. The predicted octanol–water partition coefficient (Wildman–Crippen LogP) is 5.66. The Morgan fingerprint density at radius 1 is 0.973 bits per heavy atom. The fourth-order valence-electron chi connectivity index (χ4n) is 5.69. The molecule has 1 aromatic carbocycles. The first-order valence-electron chi connectivity index (χ1n) is 13.1. The number of halogens is 1. The first kappa shape index (κ1) is 25.5. The Balaban J connectivity index is 1.25. The Labute approximate surface area is 221 Å². The van der Waals surface area contributed by atoms with E-state index in [9.17, 15) is 14.7 Å². The van der Waals surface area contributed by atoms with E-state index in [0.717, 1.165) is 56.9 Å². The highest BCUT2D eigenvalue weighted by Gasteiger charge is 2.29. The Morgan fingerprint density at radius 2 is 1.62 bits per heavy atom. The molecular weight excluding hydrogens is 492 g/mol. The van der Waals surface area contributed by atoms with Gasteiger partial charge in [0.25, 0.3) is 6.01 Å². The van der Waals surface area contributed by atoms with Crippen LogP contribution in [0, 0.1) is 11.8 Å². The van der Waals surface area contributed by atoms with Crippen LogP contribution < -0.4 is 4.74 Å². The second kappa shape index (κ2) is 10.7. The number of amides is 1. The number of H-pyrrole nitrogens is 1. The first-order chi connectivity index (χ1) is 17.8. The van der Waals surface area contributed by atoms with Gasteiger partial charge in [-0.05, 0) is 68.9 Å². The summed E-state index contributed by atoms with van der Waals surface area (Å²) < 4.78 is 6.11. The molecule has 2 aromatic heterocycles. The number of benzene rings is 1. The molecule has 37 heavy (non-hydrogen) atoms. The van der Waals surface area contributed by atoms with Crippen molar-refractivity contribution in [2.45, 2.75) is 63.4 Å². The number of rotatable bonds is 6. The molecule has 0 saturated heterocycles. The average Bonchev–Trinajstić information content (AvgIpc) is 3.29. The van der Waals surface area contributed by atoms with Gasteiger partial charge in [0.1, 0.15) is 6.10 Å². The van der Waals surface area contributed by atoms with Crippen LogP contribution in [-0.2, 0) is 9.59 Å². The molecule has 0 radical (unpaired) electrons. The SMILES string of the molecule is CN(C)C(=O)C1CCC(Oc2nc3nc(-c4ccc(C5CCC(C(=O)O)CC5)cc4)c(Cl)cc3[nH]2)CC1. The second-order valence-corrected chi connectivity index (χ2v) is 11.0. The van der Waals surface area contributed by atoms with Crippen LogP contribution in [-0.4, -0.2) is 57.0 Å². The summed E-state index contributed by atoms with van der Waals surface area (Å²) in [5.41, 5.74) is 4.05. The van der Waals surface area contributed by atoms with Gasteiger partial charge in [0.05, 0.1) is 22.2 Å². The summed E-state index contributed by atoms with van der Waals surface area (Å²) in [7, 11) is 3.60. The topological polar surface area (TPSA) is 108 Å². The summed E-state index contributed by atoms with van der Waals surface area (Å²) in [6, 6.07) is 10.5. The highest BCUT2D eigenvalue weighted by atomic mass is 35.5. The van der Waals surface area contributed by atoms with Crippen molar-refractivity contribution in [2.75, 3.05) is 14.1 Å². The van der Waals surface area contributed by atoms with E-state index in [1.807, 2.05) is 18.2 Å². The molecule has 2 aliphatic rings. The number of aromatic amines is 1. The fraction of sp³-hybridized carbons (Fsp3) is 0.500. The monoisotopic (exact) mass is 524 g/mol. The van der Waals surface area contributed by atoms with Crippen LogP contribution in [0.5, 0.6) is 6.01 Å². The Morgan fingerprint density at radius 3 is 2.24 bits per heavy atom. The third kappa shape index (κ3) is 5.59. The molecule has 2 saturated carbocycles. The lowest BCUT2D eigenvalue weighted by Crippen LogP contribution is -2.34. The first-order valence-corrected chi connectivity index (χ1v) is 13.4. The van der Waals surface area contributed by atoms with Gasteiger partial charge in [-0.25, -0.2) is 4.98 Å². The molecule has 0 bridgehead atoms. The van der Waals surface area contributed by atoms with Gasteiger partial charge in [0.15, 0.2) is 5.65 Å². The highest BCUT2D eigenvalue weighted by Crippen LogP contribution is 2.37. The van der Waals surface area contributed by atoms with Crippen molar-refractivity contribution in [3.05, 3.63) is 40.9 Å². The number of aromatic nitrogens is 3. The van der Waals surface area contributed by atoms with E-state index in [-0.39, 0.29) is 23.8 Å². The number of carbonyl (C=O) groups excluding carboxylic acids is 1. The second-order valence-electron chi connectivity index (χ2n) is 10.6. The van der Waals surface area contributed by atoms with Crippen LogP contribution in [0.4, 0.5) is 0 Å². The van der Waals surface area contributed by atoms with Gasteiger partial charge in [-0.2, -0.15) is 4.98 Å². The maximum absolute atomic E-state index is 12.2. The number of fused-ring (bicyclic) bond motifs is 1. The largest absolute Gasteiger partial charge is 0.481 e. The molecule has 0 spiro atoms. The number of ether oxygens (including phenoxy) is 1. The molecule has 5 rings (SSSR count). The lowest BCUT2D eigenvalue weighted by Gasteiger charge is -2.28. The summed E-state index contributed by atoms with van der Waals surface area (Å²) in [6.45, 7) is 0. The zero-order chi connectivity index (χ0) is 26.1. The molecule has 9 heteroatoms. The van der Waals surface area contributed by atoms with E-state index >= 15 is 0 Å². The van der Waals surface area contributed by atoms with Crippen LogP contribution >= 0.6 is 11.6 Å². The summed E-state index contributed by atoms with van der Waals surface area (Å²) in [4.78, 5) is 37.6. The Bertz CT molecular complexity index is 1270. The van der Waals surface area contributed by atoms with Gasteiger partial charge in [0.2, 0.25) is 5.91 Å². The number of carbonyl (C=O) groups is 2. The summed E-state index contributed by atoms with van der Waals surface area (Å²) >= 11 is 6.60. The summed E-state index contributed by atoms with van der Waals surface area (Å²) in [5, 5.41) is 9.77. The number of hydrogen-bond acceptors (Lipinski definition) is 5. The van der Waals surface area contributed by atoms with Crippen molar-refractivity contribution in [1.82, 2.24) is 19.9 Å². The number of carboxylic acids is 1. The summed E-state index contributed by atoms with van der Waals surface area (Å²) in [6.07, 6.45) is 6.50. The number of nitrogens with zero attached hydrogens (tertiary/aromatic N) is 3. The lowest BCUT2D eigenvalue weighted by atomic mass is 9.78. The van der Waals surface area contributed by atoms with Crippen molar-refractivity contribution < 1.29 is 19.4 Å². The average molecular weight is 525 g/mol. The zero-order valence-corrected chi connectivity index (χ0v) is 22.0. The lowest BCUT2D eigenvalue weighted by molar-refractivity contribution is -0.142. The van der Waals surface area contributed by atoms with Crippen molar-refractivity contribution in [2.24, 2.45) is 11.8 Å². The minimum atomic E-state index is -0.680. The third-order valence-electron chi connectivity index (χ3n) is 7.88. The van der Waals surface area contributed by atoms with Gasteiger partial charge < -0.3 is 19.7 Å². The van der Waals surface area contributed by atoms with E-state index in [4.69, 9.17) is 21.3 Å². The third-order valence-corrected chi connectivity index (χ3v) is 8.17. The fourth-order valence-corrected chi connectivity index (χ4v) is 5.95. The number of aliphatic carboxylic acids is 1. The number of nitrogens with one attached hydrogen (secondary N) is 1. The van der Waals surface area contributed by atoms with E-state index < -0.39 is 5.97 Å². The molecular formula is C28H33ClN4O4. The summed E-state index contributed by atoms with van der Waals surface area (Å²) in [5.74, 6) is -0.250. The Kier molecular flexibility index (Phi) is 7.38. The van der Waals surface area contributed by atoms with Crippen molar-refractivity contribution in [3.63, 3.8) is 0 Å². The minimum absolute atomic E-state index is 0.0137. The Hall–Kier alpha value is -3.13. The van der Waals surface area contributed by atoms with Crippen LogP contribution in [0.1, 0.15) is 62.8 Å². The van der Waals surface area contributed by atoms with Crippen LogP contribution in [0.3, 0.4) is 0 Å². The van der Waals surface area contributed by atoms with E-state index in [1.54, 1.807) is 19.0 Å². The van der Waals surface area contributed by atoms with Gasteiger partial charge in [-0.15, -0.1) is 0 Å². The quantitative estimate of drug-likeness (QED) is 0.430. The van der Waals surface area contributed by atoms with Crippen molar-refractivity contribution in [1.29, 1.82) is 0 Å². The van der Waals surface area contributed by atoms with E-state index in [2.05, 4.69) is 22.1 Å². The number of carboxylic acid groups (broad SMARTS) is 1. The zero-order valence-electron chi connectivity index (χ0n) is 21.2. The number of imidazole rings is 1. The van der Waals surface area contributed by atoms with Crippen LogP contribution in [0.25, 0.3) is 22.4 Å². The molecule has 2 aliphatic carbocycles. The molecule has 0 unspecified atom stereocenters. The minimum Gasteiger partial charge on any atom is -0.481 e. The number of pyridine rings is 1. The number of hydrogen-bond donors (Lipinski definition) is 2. The predicted molar refractivity (Wildman–Crippen MR) is 142 cm³/mol. The molecule has 1 amide bonds. The van der Waals surface area contributed by atoms with Gasteiger partial charge in [0, 0.05) is 25.6 Å². The molecule has 8 nitrogen and oxygen atoms in total. The maximum atomic E-state index is 12.2. The van der Waals surface area contributed by atoms with Crippen LogP contribution in [0.2, 0.25) is 5.02 Å². The van der Waals surface area contributed by atoms with Crippen LogP contribution in [0.15, 0.2) is 30.3 Å². The normalized spacial score (nSPS) is 24.1. The van der Waals surface area contributed by atoms with E-state index in [1.165, 1.54) is 5.56 Å². The highest BCUT2D eigenvalue weighted by molar-refractivity contribution is 6.33. The van der Waals surface area contributed by atoms with Gasteiger partial charge in [-0.3, -0.25) is 9.59 Å². The molecule has 2 N–H and O–H groups in total. The van der Waals surface area contributed by atoms with Crippen molar-refractivity contribution >= 4 is 34.6 Å². The molecule has 0 atom stereocenters. The molecule has 3 aromatic rings. The maximum Gasteiger partial charge on any atom is 0.306 e. The molecule has 2 heterocycles. The smallest absolute Gasteiger partial charge is 0.306 e. The van der Waals surface area contributed by atoms with Gasteiger partial charge >= 0.3 is 5.97 Å². The van der Waals surface area contributed by atoms with Gasteiger partial charge in [-0.1, -0.05) is 35.9 Å². The van der Waals surface area contributed by atoms with E-state index in [0.29, 0.717) is 33.8 Å². The van der Waals surface area contributed by atoms with Crippen molar-refractivity contribution in [3.8, 4) is 17.3 Å². The molecule has 196 valence electrons.